The zero-order chi connectivity index (χ0) is 20.4. The lowest BCUT2D eigenvalue weighted by atomic mass is 10.0. The van der Waals surface area contributed by atoms with E-state index in [4.69, 9.17) is 23.2 Å². The van der Waals surface area contributed by atoms with Gasteiger partial charge >= 0.3 is 0 Å². The number of nitrogens with one attached hydrogen (secondary N) is 3. The van der Waals surface area contributed by atoms with E-state index in [-0.39, 0.29) is 33.0 Å². The molecule has 2 aromatic heterocycles. The monoisotopic (exact) mass is 418 g/mol. The predicted molar refractivity (Wildman–Crippen MR) is 108 cm³/mol. The molecule has 0 spiro atoms. The molecular formula is C19H16Cl2N4O3. The summed E-state index contributed by atoms with van der Waals surface area (Å²) in [7, 11) is 1.48. The Bertz CT molecular complexity index is 1080. The number of carbonyl (C=O) groups is 3. The van der Waals surface area contributed by atoms with E-state index in [1.54, 1.807) is 13.0 Å². The number of ketones is 1. The van der Waals surface area contributed by atoms with Crippen LogP contribution >= 0.6 is 23.2 Å². The number of hydrogen-bond donors (Lipinski definition) is 3. The second-order valence-electron chi connectivity index (χ2n) is 5.91. The van der Waals surface area contributed by atoms with Crippen molar-refractivity contribution in [3.63, 3.8) is 0 Å². The van der Waals surface area contributed by atoms with E-state index in [0.717, 1.165) is 0 Å². The highest BCUT2D eigenvalue weighted by Gasteiger charge is 2.23. The standard InChI is InChI=1S/C19H16Cl2N4O3/c1-3-14(26)25-18-16-10(4-5-23-18)11(8-24-16)17(27)15-12(20)6-9(7-13(15)21)19(28)22-2/h4-8,24H,3H2,1-2H3,(H,22,28)(H,23,25,26). The van der Waals surface area contributed by atoms with Crippen LogP contribution in [0.1, 0.15) is 39.6 Å². The van der Waals surface area contributed by atoms with Gasteiger partial charge in [-0.3, -0.25) is 14.4 Å². The minimum Gasteiger partial charge on any atom is -0.357 e. The van der Waals surface area contributed by atoms with Crippen LogP contribution in [0.25, 0.3) is 10.9 Å². The molecule has 0 aliphatic carbocycles. The van der Waals surface area contributed by atoms with Crippen molar-refractivity contribution >= 4 is 57.5 Å². The lowest BCUT2D eigenvalue weighted by molar-refractivity contribution is -0.115. The molecule has 28 heavy (non-hydrogen) atoms. The van der Waals surface area contributed by atoms with Crippen molar-refractivity contribution in [1.82, 2.24) is 15.3 Å². The molecule has 0 fully saturated rings. The average molecular weight is 419 g/mol. The molecule has 144 valence electrons. The topological polar surface area (TPSA) is 104 Å². The number of benzene rings is 1. The van der Waals surface area contributed by atoms with Crippen LogP contribution in [-0.4, -0.2) is 34.6 Å². The van der Waals surface area contributed by atoms with Crippen molar-refractivity contribution in [3.8, 4) is 0 Å². The summed E-state index contributed by atoms with van der Waals surface area (Å²) in [5.74, 6) is -0.644. The molecule has 0 unspecified atom stereocenters. The first kappa shape index (κ1) is 19.9. The summed E-state index contributed by atoms with van der Waals surface area (Å²) in [6.07, 6.45) is 3.30. The minimum atomic E-state index is -0.413. The summed E-state index contributed by atoms with van der Waals surface area (Å²) in [5.41, 5.74) is 1.18. The van der Waals surface area contributed by atoms with Crippen molar-refractivity contribution in [2.75, 3.05) is 12.4 Å². The molecule has 0 saturated heterocycles. The fourth-order valence-electron chi connectivity index (χ4n) is 2.76. The normalized spacial score (nSPS) is 10.7. The van der Waals surface area contributed by atoms with Crippen LogP contribution in [0.3, 0.4) is 0 Å². The zero-order valence-corrected chi connectivity index (χ0v) is 16.5. The van der Waals surface area contributed by atoms with E-state index in [1.165, 1.54) is 31.6 Å². The van der Waals surface area contributed by atoms with Gasteiger partial charge in [0, 0.05) is 42.4 Å². The van der Waals surface area contributed by atoms with Crippen molar-refractivity contribution in [1.29, 1.82) is 0 Å². The van der Waals surface area contributed by atoms with E-state index in [0.29, 0.717) is 28.7 Å². The second kappa shape index (κ2) is 8.00. The molecular weight excluding hydrogens is 403 g/mol. The van der Waals surface area contributed by atoms with Crippen molar-refractivity contribution < 1.29 is 14.4 Å². The molecule has 0 atom stereocenters. The van der Waals surface area contributed by atoms with Crippen LogP contribution in [0.2, 0.25) is 10.0 Å². The fourth-order valence-corrected chi connectivity index (χ4v) is 3.42. The number of aromatic amines is 1. The predicted octanol–water partition coefficient (Wildman–Crippen LogP) is 3.81. The largest absolute Gasteiger partial charge is 0.357 e. The van der Waals surface area contributed by atoms with Crippen molar-refractivity contribution in [2.24, 2.45) is 0 Å². The van der Waals surface area contributed by atoms with Gasteiger partial charge in [-0.1, -0.05) is 30.1 Å². The number of nitrogens with zero attached hydrogens (tertiary/aromatic N) is 1. The summed E-state index contributed by atoms with van der Waals surface area (Å²) in [5, 5.41) is 5.86. The van der Waals surface area contributed by atoms with Crippen LogP contribution < -0.4 is 10.6 Å². The Balaban J connectivity index is 2.07. The molecule has 0 bridgehead atoms. The molecule has 3 N–H and O–H groups in total. The molecule has 9 heteroatoms. The number of fused-ring (bicyclic) bond motifs is 1. The molecule has 2 amide bonds. The maximum absolute atomic E-state index is 13.1. The smallest absolute Gasteiger partial charge is 0.251 e. The highest BCUT2D eigenvalue weighted by molar-refractivity contribution is 6.42. The van der Waals surface area contributed by atoms with Gasteiger partial charge in [0.1, 0.15) is 0 Å². The van der Waals surface area contributed by atoms with Crippen LogP contribution in [0, 0.1) is 0 Å². The Morgan fingerprint density at radius 3 is 2.46 bits per heavy atom. The lowest BCUT2D eigenvalue weighted by Crippen LogP contribution is -2.18. The summed E-state index contributed by atoms with van der Waals surface area (Å²) in [6, 6.07) is 4.44. The van der Waals surface area contributed by atoms with Gasteiger partial charge in [0.2, 0.25) is 5.91 Å². The number of amides is 2. The number of halogens is 2. The van der Waals surface area contributed by atoms with Gasteiger partial charge in [-0.05, 0) is 18.2 Å². The molecule has 0 saturated carbocycles. The molecule has 7 nitrogen and oxygen atoms in total. The summed E-state index contributed by atoms with van der Waals surface area (Å²) in [4.78, 5) is 43.7. The molecule has 3 aromatic rings. The van der Waals surface area contributed by atoms with E-state index < -0.39 is 5.78 Å². The summed E-state index contributed by atoms with van der Waals surface area (Å²) >= 11 is 12.5. The van der Waals surface area contributed by atoms with Gasteiger partial charge in [0.15, 0.2) is 11.6 Å². The Labute approximate surface area is 170 Å². The van der Waals surface area contributed by atoms with Crippen LogP contribution in [0.4, 0.5) is 5.82 Å². The summed E-state index contributed by atoms with van der Waals surface area (Å²) in [6.45, 7) is 1.73. The second-order valence-corrected chi connectivity index (χ2v) is 6.72. The van der Waals surface area contributed by atoms with Crippen molar-refractivity contribution in [2.45, 2.75) is 13.3 Å². The molecule has 0 aliphatic rings. The van der Waals surface area contributed by atoms with Gasteiger partial charge in [0.25, 0.3) is 5.91 Å². The number of aromatic nitrogens is 2. The van der Waals surface area contributed by atoms with Crippen LogP contribution in [0.15, 0.2) is 30.6 Å². The Morgan fingerprint density at radius 2 is 1.86 bits per heavy atom. The highest BCUT2D eigenvalue weighted by Crippen LogP contribution is 2.32. The summed E-state index contributed by atoms with van der Waals surface area (Å²) < 4.78 is 0. The first-order valence-corrected chi connectivity index (χ1v) is 9.14. The average Bonchev–Trinajstić information content (AvgIpc) is 3.11. The highest BCUT2D eigenvalue weighted by atomic mass is 35.5. The number of carbonyl (C=O) groups excluding carboxylic acids is 3. The maximum atomic E-state index is 13.1. The number of pyridine rings is 1. The first-order chi connectivity index (χ1) is 13.4. The third-order valence-corrected chi connectivity index (χ3v) is 4.78. The van der Waals surface area contributed by atoms with Gasteiger partial charge in [0.05, 0.1) is 21.1 Å². The Kier molecular flexibility index (Phi) is 5.67. The van der Waals surface area contributed by atoms with E-state index in [2.05, 4.69) is 20.6 Å². The molecule has 0 aliphatic heterocycles. The Hall–Kier alpha value is -2.90. The Morgan fingerprint density at radius 1 is 1.18 bits per heavy atom. The van der Waals surface area contributed by atoms with Crippen LogP contribution in [0.5, 0.6) is 0 Å². The van der Waals surface area contributed by atoms with E-state index >= 15 is 0 Å². The SMILES string of the molecule is CCC(=O)Nc1nccc2c(C(=O)c3c(Cl)cc(C(=O)NC)cc3Cl)c[nH]c12. The molecule has 3 rings (SSSR count). The maximum Gasteiger partial charge on any atom is 0.251 e. The van der Waals surface area contributed by atoms with E-state index in [9.17, 15) is 14.4 Å². The third-order valence-electron chi connectivity index (χ3n) is 4.18. The third kappa shape index (κ3) is 3.58. The molecule has 0 radical (unpaired) electrons. The minimum absolute atomic E-state index is 0.0685. The van der Waals surface area contributed by atoms with Crippen molar-refractivity contribution in [3.05, 3.63) is 57.3 Å². The number of H-pyrrole nitrogens is 1. The van der Waals surface area contributed by atoms with Gasteiger partial charge in [-0.2, -0.15) is 0 Å². The lowest BCUT2D eigenvalue weighted by Gasteiger charge is -2.09. The van der Waals surface area contributed by atoms with Gasteiger partial charge in [-0.25, -0.2) is 4.98 Å². The molecule has 1 aromatic carbocycles. The zero-order valence-electron chi connectivity index (χ0n) is 15.0. The quantitative estimate of drug-likeness (QED) is 0.547. The van der Waals surface area contributed by atoms with E-state index in [1.807, 2.05) is 0 Å². The van der Waals surface area contributed by atoms with Gasteiger partial charge < -0.3 is 15.6 Å². The number of hydrogen-bond acceptors (Lipinski definition) is 4. The molecule has 2 heterocycles. The number of rotatable bonds is 5. The number of anilines is 1. The first-order valence-electron chi connectivity index (χ1n) is 8.39. The van der Waals surface area contributed by atoms with Crippen LogP contribution in [-0.2, 0) is 4.79 Å². The fraction of sp³-hybridized carbons (Fsp3) is 0.158. The van der Waals surface area contributed by atoms with Gasteiger partial charge in [-0.15, -0.1) is 0 Å².